The molecule has 2 rings (SSSR count). The molecule has 1 unspecified atom stereocenters. The maximum absolute atomic E-state index is 12.1. The summed E-state index contributed by atoms with van der Waals surface area (Å²) >= 11 is 1.14. The molecule has 1 amide bonds. The summed E-state index contributed by atoms with van der Waals surface area (Å²) in [6.45, 7) is 1.14. The van der Waals surface area contributed by atoms with Crippen molar-refractivity contribution >= 4 is 39.7 Å². The minimum atomic E-state index is -3.56. The Hall–Kier alpha value is -0.670. The number of carbonyl (C=O) groups is 1. The van der Waals surface area contributed by atoms with Crippen LogP contribution in [0.2, 0.25) is 0 Å². The van der Waals surface area contributed by atoms with Gasteiger partial charge in [-0.3, -0.25) is 4.79 Å². The fourth-order valence-electron chi connectivity index (χ4n) is 2.20. The lowest BCUT2D eigenvalue weighted by atomic mass is 10.1. The number of thiophene rings is 1. The zero-order valence-corrected chi connectivity index (χ0v) is 14.2. The van der Waals surface area contributed by atoms with Gasteiger partial charge >= 0.3 is 0 Å². The van der Waals surface area contributed by atoms with Crippen molar-refractivity contribution in [1.82, 2.24) is 14.9 Å². The van der Waals surface area contributed by atoms with Gasteiger partial charge in [-0.2, -0.15) is 0 Å². The molecule has 0 spiro atoms. The summed E-state index contributed by atoms with van der Waals surface area (Å²) in [6.07, 6.45) is 1.98. The molecule has 6 nitrogen and oxygen atoms in total. The Morgan fingerprint density at radius 1 is 1.52 bits per heavy atom. The van der Waals surface area contributed by atoms with Gasteiger partial charge in [-0.15, -0.1) is 23.7 Å². The molecule has 1 aliphatic heterocycles. The number of sulfonamides is 1. The molecule has 1 aromatic rings. The van der Waals surface area contributed by atoms with Crippen LogP contribution >= 0.6 is 23.7 Å². The maximum Gasteiger partial charge on any atom is 0.250 e. The molecule has 1 saturated heterocycles. The number of rotatable bonds is 5. The number of nitrogens with zero attached hydrogens (tertiary/aromatic N) is 1. The van der Waals surface area contributed by atoms with Crippen LogP contribution in [0.3, 0.4) is 0 Å². The monoisotopic (exact) mass is 353 g/mol. The number of nitrogens with one attached hydrogen (secondary N) is 2. The van der Waals surface area contributed by atoms with Gasteiger partial charge in [-0.25, -0.2) is 13.1 Å². The van der Waals surface area contributed by atoms with Crippen LogP contribution in [0, 0.1) is 0 Å². The van der Waals surface area contributed by atoms with Crippen molar-refractivity contribution in [3.8, 4) is 0 Å². The first-order chi connectivity index (χ1) is 9.53. The van der Waals surface area contributed by atoms with E-state index in [2.05, 4.69) is 10.0 Å². The van der Waals surface area contributed by atoms with Crippen LogP contribution in [-0.4, -0.2) is 51.9 Å². The fourth-order valence-corrected chi connectivity index (χ4v) is 4.21. The van der Waals surface area contributed by atoms with E-state index in [9.17, 15) is 13.2 Å². The summed E-state index contributed by atoms with van der Waals surface area (Å²) in [4.78, 5) is 13.8. The number of hydrogen-bond acceptors (Lipinski definition) is 5. The van der Waals surface area contributed by atoms with Crippen molar-refractivity contribution in [2.24, 2.45) is 0 Å². The second-order valence-electron chi connectivity index (χ2n) is 4.72. The minimum absolute atomic E-state index is 0. The Morgan fingerprint density at radius 3 is 2.90 bits per heavy atom. The quantitative estimate of drug-likeness (QED) is 0.815. The molecule has 120 valence electrons. The van der Waals surface area contributed by atoms with E-state index in [-0.39, 0.29) is 29.1 Å². The lowest BCUT2D eigenvalue weighted by Crippen LogP contribution is -2.49. The first kappa shape index (κ1) is 18.4. The topological polar surface area (TPSA) is 78.5 Å². The molecule has 9 heteroatoms. The predicted molar refractivity (Wildman–Crippen MR) is 85.4 cm³/mol. The largest absolute Gasteiger partial charge is 0.340 e. The molecule has 0 aliphatic carbocycles. The molecule has 0 radical (unpaired) electrons. The molecular weight excluding hydrogens is 334 g/mol. The van der Waals surface area contributed by atoms with E-state index in [1.165, 1.54) is 6.07 Å². The summed E-state index contributed by atoms with van der Waals surface area (Å²) in [5.41, 5.74) is 0. The van der Waals surface area contributed by atoms with Crippen LogP contribution in [0.25, 0.3) is 0 Å². The van der Waals surface area contributed by atoms with Crippen LogP contribution in [-0.2, 0) is 14.8 Å². The van der Waals surface area contributed by atoms with Crippen LogP contribution in [0.4, 0.5) is 0 Å². The van der Waals surface area contributed by atoms with E-state index in [1.807, 2.05) is 7.05 Å². The van der Waals surface area contributed by atoms with E-state index < -0.39 is 10.0 Å². The van der Waals surface area contributed by atoms with Crippen molar-refractivity contribution in [1.29, 1.82) is 0 Å². The maximum atomic E-state index is 12.1. The lowest BCUT2D eigenvalue weighted by molar-refractivity contribution is -0.131. The summed E-state index contributed by atoms with van der Waals surface area (Å²) in [5, 5.41) is 4.85. The van der Waals surface area contributed by atoms with Crippen molar-refractivity contribution < 1.29 is 13.2 Å². The molecule has 0 aromatic carbocycles. The van der Waals surface area contributed by atoms with Crippen molar-refractivity contribution in [3.05, 3.63) is 17.5 Å². The van der Waals surface area contributed by atoms with Gasteiger partial charge < -0.3 is 10.2 Å². The number of amides is 1. The highest BCUT2D eigenvalue weighted by Gasteiger charge is 2.24. The van der Waals surface area contributed by atoms with Gasteiger partial charge in [-0.1, -0.05) is 6.07 Å². The molecule has 1 aliphatic rings. The SMILES string of the molecule is CNC1CCCN(C(=O)CNS(=O)(=O)c2cccs2)C1.Cl. The summed E-state index contributed by atoms with van der Waals surface area (Å²) in [7, 11) is -1.69. The second-order valence-corrected chi connectivity index (χ2v) is 7.67. The van der Waals surface area contributed by atoms with E-state index in [1.54, 1.807) is 16.3 Å². The summed E-state index contributed by atoms with van der Waals surface area (Å²) < 4.78 is 26.4. The number of carbonyl (C=O) groups excluding carboxylic acids is 1. The number of likely N-dealkylation sites (tertiary alicyclic amines) is 1. The number of hydrogen-bond donors (Lipinski definition) is 2. The van der Waals surface area contributed by atoms with Gasteiger partial charge in [0.15, 0.2) is 0 Å². The van der Waals surface area contributed by atoms with E-state index in [4.69, 9.17) is 0 Å². The van der Waals surface area contributed by atoms with Crippen LogP contribution in [0.5, 0.6) is 0 Å². The molecule has 2 heterocycles. The number of halogens is 1. The molecule has 1 fully saturated rings. The lowest BCUT2D eigenvalue weighted by Gasteiger charge is -2.32. The molecule has 2 N–H and O–H groups in total. The number of likely N-dealkylation sites (N-methyl/N-ethyl adjacent to an activating group) is 1. The average molecular weight is 354 g/mol. The highest BCUT2D eigenvalue weighted by Crippen LogP contribution is 2.15. The summed E-state index contributed by atoms with van der Waals surface area (Å²) in [5.74, 6) is -0.176. The Kier molecular flexibility index (Phi) is 7.08. The second kappa shape index (κ2) is 8.09. The van der Waals surface area contributed by atoms with Crippen LogP contribution in [0.1, 0.15) is 12.8 Å². The Balaban J connectivity index is 0.00000220. The Morgan fingerprint density at radius 2 is 2.29 bits per heavy atom. The predicted octanol–water partition coefficient (Wildman–Crippen LogP) is 0.659. The van der Waals surface area contributed by atoms with Crippen molar-refractivity contribution in [3.63, 3.8) is 0 Å². The highest BCUT2D eigenvalue weighted by atomic mass is 35.5. The van der Waals surface area contributed by atoms with E-state index >= 15 is 0 Å². The summed E-state index contributed by atoms with van der Waals surface area (Å²) in [6, 6.07) is 3.49. The van der Waals surface area contributed by atoms with Gasteiger partial charge in [0, 0.05) is 19.1 Å². The number of piperidine rings is 1. The zero-order chi connectivity index (χ0) is 14.6. The first-order valence-corrected chi connectivity index (χ1v) is 8.87. The Labute approximate surface area is 135 Å². The third-order valence-electron chi connectivity index (χ3n) is 3.36. The molecule has 0 saturated carbocycles. The molecule has 1 aromatic heterocycles. The standard InChI is InChI=1S/C12H19N3O3S2.ClH/c1-13-10-4-2-6-15(9-10)11(16)8-14-20(17,18)12-5-3-7-19-12;/h3,5,7,10,13-14H,2,4,6,8-9H2,1H3;1H. The van der Waals surface area contributed by atoms with Gasteiger partial charge in [0.1, 0.15) is 4.21 Å². The highest BCUT2D eigenvalue weighted by molar-refractivity contribution is 7.91. The molecular formula is C12H20ClN3O3S2. The Bertz CT molecular complexity index is 548. The van der Waals surface area contributed by atoms with E-state index in [0.29, 0.717) is 19.1 Å². The third kappa shape index (κ3) is 4.93. The fraction of sp³-hybridized carbons (Fsp3) is 0.583. The van der Waals surface area contributed by atoms with Gasteiger partial charge in [0.25, 0.3) is 10.0 Å². The average Bonchev–Trinajstić information content (AvgIpc) is 3.00. The smallest absolute Gasteiger partial charge is 0.250 e. The van der Waals surface area contributed by atoms with Crippen LogP contribution in [0.15, 0.2) is 21.7 Å². The van der Waals surface area contributed by atoms with Crippen molar-refractivity contribution in [2.45, 2.75) is 23.1 Å². The van der Waals surface area contributed by atoms with Crippen LogP contribution < -0.4 is 10.0 Å². The zero-order valence-electron chi connectivity index (χ0n) is 11.7. The first-order valence-electron chi connectivity index (χ1n) is 6.51. The minimum Gasteiger partial charge on any atom is -0.340 e. The van der Waals surface area contributed by atoms with E-state index in [0.717, 1.165) is 24.2 Å². The van der Waals surface area contributed by atoms with Gasteiger partial charge in [0.2, 0.25) is 5.91 Å². The third-order valence-corrected chi connectivity index (χ3v) is 6.15. The molecule has 0 bridgehead atoms. The van der Waals surface area contributed by atoms with Gasteiger partial charge in [-0.05, 0) is 31.3 Å². The van der Waals surface area contributed by atoms with Crippen molar-refractivity contribution in [2.75, 3.05) is 26.7 Å². The normalized spacial score (nSPS) is 19.1. The molecule has 1 atom stereocenters. The molecule has 21 heavy (non-hydrogen) atoms. The van der Waals surface area contributed by atoms with Gasteiger partial charge in [0.05, 0.1) is 6.54 Å².